The molecule has 0 spiro atoms. The van der Waals surface area contributed by atoms with Gasteiger partial charge in [0.2, 0.25) is 0 Å². The van der Waals surface area contributed by atoms with E-state index < -0.39 is 6.10 Å². The first-order valence-electron chi connectivity index (χ1n) is 5.48. The Morgan fingerprint density at radius 3 is 2.53 bits per heavy atom. The molecule has 0 amide bonds. The molecule has 1 fully saturated rings. The Balaban J connectivity index is 2.26. The van der Waals surface area contributed by atoms with Crippen molar-refractivity contribution >= 4 is 28.9 Å². The van der Waals surface area contributed by atoms with E-state index in [1.54, 1.807) is 12.4 Å². The standard InChI is InChI=1S/C11H15Cl2N3O/c1-15-2-3-16(7-8(17)6-15)11-9(12)4-14-5-10(11)13/h4-5,8,17H,2-3,6-7H2,1H3. The molecule has 1 unspecified atom stereocenters. The first-order chi connectivity index (χ1) is 8.08. The van der Waals surface area contributed by atoms with Crippen molar-refractivity contribution in [2.24, 2.45) is 0 Å². The number of anilines is 1. The van der Waals surface area contributed by atoms with Gasteiger partial charge in [-0.15, -0.1) is 0 Å². The molecule has 1 aromatic heterocycles. The molecule has 0 bridgehead atoms. The fourth-order valence-electron chi connectivity index (χ4n) is 2.06. The van der Waals surface area contributed by atoms with E-state index in [0.717, 1.165) is 18.8 Å². The maximum absolute atomic E-state index is 9.89. The largest absolute Gasteiger partial charge is 0.390 e. The van der Waals surface area contributed by atoms with Gasteiger partial charge in [-0.2, -0.15) is 0 Å². The zero-order valence-electron chi connectivity index (χ0n) is 9.61. The van der Waals surface area contributed by atoms with E-state index in [9.17, 15) is 5.11 Å². The highest BCUT2D eigenvalue weighted by Gasteiger charge is 2.22. The summed E-state index contributed by atoms with van der Waals surface area (Å²) in [6, 6.07) is 0. The van der Waals surface area contributed by atoms with Crippen LogP contribution in [0, 0.1) is 0 Å². The second-order valence-electron chi connectivity index (χ2n) is 4.31. The normalized spacial score (nSPS) is 22.6. The Kier molecular flexibility index (Phi) is 4.09. The number of likely N-dealkylation sites (N-methyl/N-ethyl adjacent to an activating group) is 1. The van der Waals surface area contributed by atoms with Crippen LogP contribution >= 0.6 is 23.2 Å². The molecule has 0 saturated carbocycles. The molecule has 1 aliphatic rings. The Bertz CT molecular complexity index is 382. The van der Waals surface area contributed by atoms with Crippen LogP contribution in [0.2, 0.25) is 10.0 Å². The van der Waals surface area contributed by atoms with Crippen LogP contribution < -0.4 is 4.90 Å². The van der Waals surface area contributed by atoms with Crippen molar-refractivity contribution in [2.75, 3.05) is 38.1 Å². The Morgan fingerprint density at radius 1 is 1.24 bits per heavy atom. The van der Waals surface area contributed by atoms with E-state index in [1.165, 1.54) is 0 Å². The van der Waals surface area contributed by atoms with E-state index in [1.807, 2.05) is 11.9 Å². The van der Waals surface area contributed by atoms with Crippen LogP contribution in [0.1, 0.15) is 0 Å². The summed E-state index contributed by atoms with van der Waals surface area (Å²) >= 11 is 12.2. The van der Waals surface area contributed by atoms with E-state index in [2.05, 4.69) is 9.88 Å². The van der Waals surface area contributed by atoms with E-state index in [-0.39, 0.29) is 0 Å². The Hall–Kier alpha value is -0.550. The van der Waals surface area contributed by atoms with Gasteiger partial charge in [0.1, 0.15) is 0 Å². The number of rotatable bonds is 1. The molecule has 1 N–H and O–H groups in total. The van der Waals surface area contributed by atoms with Crippen molar-refractivity contribution in [1.29, 1.82) is 0 Å². The summed E-state index contributed by atoms with van der Waals surface area (Å²) in [5, 5.41) is 10.9. The summed E-state index contributed by atoms with van der Waals surface area (Å²) in [6.07, 6.45) is 2.75. The Morgan fingerprint density at radius 2 is 1.88 bits per heavy atom. The molecule has 0 aromatic carbocycles. The minimum atomic E-state index is -0.400. The lowest BCUT2D eigenvalue weighted by atomic mass is 10.3. The zero-order chi connectivity index (χ0) is 12.4. The predicted molar refractivity (Wildman–Crippen MR) is 70.0 cm³/mol. The SMILES string of the molecule is CN1CCN(c2c(Cl)cncc2Cl)CC(O)C1. The van der Waals surface area contributed by atoms with Crippen molar-refractivity contribution in [3.05, 3.63) is 22.4 Å². The third-order valence-corrected chi connectivity index (χ3v) is 3.40. The molecule has 4 nitrogen and oxygen atoms in total. The van der Waals surface area contributed by atoms with Crippen LogP contribution in [0.4, 0.5) is 5.69 Å². The van der Waals surface area contributed by atoms with Gasteiger partial charge in [0.05, 0.1) is 21.8 Å². The first kappa shape index (κ1) is 12.9. The van der Waals surface area contributed by atoms with Crippen LogP contribution in [0.3, 0.4) is 0 Å². The highest BCUT2D eigenvalue weighted by atomic mass is 35.5. The Labute approximate surface area is 111 Å². The quantitative estimate of drug-likeness (QED) is 0.843. The molecule has 0 radical (unpaired) electrons. The average Bonchev–Trinajstić information content (AvgIpc) is 2.40. The van der Waals surface area contributed by atoms with Crippen LogP contribution in [-0.2, 0) is 0 Å². The van der Waals surface area contributed by atoms with E-state index >= 15 is 0 Å². The number of halogens is 2. The molecule has 1 atom stereocenters. The molecule has 94 valence electrons. The summed E-state index contributed by atoms with van der Waals surface area (Å²) in [6.45, 7) is 2.85. The second-order valence-corrected chi connectivity index (χ2v) is 5.13. The maximum Gasteiger partial charge on any atom is 0.0841 e. The molecule has 17 heavy (non-hydrogen) atoms. The van der Waals surface area contributed by atoms with Gasteiger partial charge in [0, 0.05) is 38.6 Å². The molecule has 1 aromatic rings. The minimum absolute atomic E-state index is 0.400. The number of pyridine rings is 1. The second kappa shape index (κ2) is 5.40. The molecular weight excluding hydrogens is 261 g/mol. The van der Waals surface area contributed by atoms with Gasteiger partial charge in [-0.05, 0) is 7.05 Å². The van der Waals surface area contributed by atoms with Crippen LogP contribution in [0.15, 0.2) is 12.4 Å². The lowest BCUT2D eigenvalue weighted by Crippen LogP contribution is -2.33. The summed E-state index contributed by atoms with van der Waals surface area (Å²) in [4.78, 5) is 8.04. The predicted octanol–water partition coefficient (Wildman–Crippen LogP) is 1.50. The molecule has 1 saturated heterocycles. The first-order valence-corrected chi connectivity index (χ1v) is 6.24. The average molecular weight is 276 g/mol. The molecule has 2 heterocycles. The molecule has 0 aliphatic carbocycles. The summed E-state index contributed by atoms with van der Waals surface area (Å²) < 4.78 is 0. The number of aromatic nitrogens is 1. The monoisotopic (exact) mass is 275 g/mol. The van der Waals surface area contributed by atoms with Crippen molar-refractivity contribution in [3.8, 4) is 0 Å². The van der Waals surface area contributed by atoms with Crippen LogP contribution in [0.25, 0.3) is 0 Å². The van der Waals surface area contributed by atoms with Gasteiger partial charge in [-0.3, -0.25) is 4.98 Å². The van der Waals surface area contributed by atoms with Gasteiger partial charge in [-0.1, -0.05) is 23.2 Å². The van der Waals surface area contributed by atoms with E-state index in [4.69, 9.17) is 23.2 Å². The molecule has 2 rings (SSSR count). The van der Waals surface area contributed by atoms with Gasteiger partial charge in [0.25, 0.3) is 0 Å². The van der Waals surface area contributed by atoms with Gasteiger partial charge >= 0.3 is 0 Å². The summed E-state index contributed by atoms with van der Waals surface area (Å²) in [5.74, 6) is 0. The van der Waals surface area contributed by atoms with E-state index in [0.29, 0.717) is 23.1 Å². The fraction of sp³-hybridized carbons (Fsp3) is 0.545. The molecule has 6 heteroatoms. The minimum Gasteiger partial charge on any atom is -0.390 e. The number of hydrogen-bond donors (Lipinski definition) is 1. The highest BCUT2D eigenvalue weighted by Crippen LogP contribution is 2.32. The van der Waals surface area contributed by atoms with Crippen molar-refractivity contribution in [1.82, 2.24) is 9.88 Å². The number of β-amino-alcohol motifs (C(OH)–C–C–N with tert-alkyl or cyclic N) is 1. The number of aliphatic hydroxyl groups excluding tert-OH is 1. The van der Waals surface area contributed by atoms with Crippen molar-refractivity contribution in [2.45, 2.75) is 6.10 Å². The van der Waals surface area contributed by atoms with Gasteiger partial charge in [-0.25, -0.2) is 0 Å². The van der Waals surface area contributed by atoms with Crippen LogP contribution in [0.5, 0.6) is 0 Å². The maximum atomic E-state index is 9.89. The topological polar surface area (TPSA) is 39.6 Å². The smallest absolute Gasteiger partial charge is 0.0841 e. The van der Waals surface area contributed by atoms with Crippen molar-refractivity contribution < 1.29 is 5.11 Å². The third kappa shape index (κ3) is 3.01. The highest BCUT2D eigenvalue weighted by molar-refractivity contribution is 6.38. The van der Waals surface area contributed by atoms with Crippen LogP contribution in [-0.4, -0.2) is 54.3 Å². The van der Waals surface area contributed by atoms with Crippen molar-refractivity contribution in [3.63, 3.8) is 0 Å². The number of hydrogen-bond acceptors (Lipinski definition) is 4. The number of aliphatic hydroxyl groups is 1. The lowest BCUT2D eigenvalue weighted by molar-refractivity contribution is 0.145. The molecule has 1 aliphatic heterocycles. The van der Waals surface area contributed by atoms with Gasteiger partial charge < -0.3 is 14.9 Å². The summed E-state index contributed by atoms with van der Waals surface area (Å²) in [7, 11) is 1.99. The summed E-state index contributed by atoms with van der Waals surface area (Å²) in [5.41, 5.74) is 0.762. The molecular formula is C11H15Cl2N3O. The van der Waals surface area contributed by atoms with Gasteiger partial charge in [0.15, 0.2) is 0 Å². The fourth-order valence-corrected chi connectivity index (χ4v) is 2.66. The third-order valence-electron chi connectivity index (χ3n) is 2.85. The zero-order valence-corrected chi connectivity index (χ0v) is 11.1. The number of nitrogens with zero attached hydrogens (tertiary/aromatic N) is 3. The lowest BCUT2D eigenvalue weighted by Gasteiger charge is -2.25.